The molecule has 1 aliphatic carbocycles. The fourth-order valence-corrected chi connectivity index (χ4v) is 3.04. The van der Waals surface area contributed by atoms with Gasteiger partial charge in [0.15, 0.2) is 0 Å². The number of rotatable bonds is 2. The summed E-state index contributed by atoms with van der Waals surface area (Å²) in [5.41, 5.74) is -0.984. The Morgan fingerprint density at radius 3 is 2.35 bits per heavy atom. The van der Waals surface area contributed by atoms with Crippen LogP contribution < -0.4 is 0 Å². The molecule has 0 aromatic carbocycles. The molecule has 5 heteroatoms. The topological polar surface area (TPSA) is 46.5 Å². The normalized spacial score (nSPS) is 32.0. The van der Waals surface area contributed by atoms with E-state index in [1.54, 1.807) is 0 Å². The van der Waals surface area contributed by atoms with E-state index in [2.05, 4.69) is 0 Å². The second-order valence-electron chi connectivity index (χ2n) is 5.23. The van der Waals surface area contributed by atoms with E-state index < -0.39 is 17.3 Å². The molecule has 0 radical (unpaired) electrons. The van der Waals surface area contributed by atoms with Crippen LogP contribution in [0.3, 0.4) is 0 Å². The van der Waals surface area contributed by atoms with Gasteiger partial charge in [0.1, 0.15) is 0 Å². The molecule has 0 amide bonds. The number of carboxylic acids is 1. The highest BCUT2D eigenvalue weighted by Crippen LogP contribution is 2.50. The number of aliphatic carboxylic acids is 1. The monoisotopic (exact) mass is 248 g/mol. The van der Waals surface area contributed by atoms with Gasteiger partial charge in [0.05, 0.1) is 12.0 Å². The van der Waals surface area contributed by atoms with E-state index >= 15 is 0 Å². The van der Waals surface area contributed by atoms with Crippen molar-refractivity contribution in [3.63, 3.8) is 0 Å². The van der Waals surface area contributed by atoms with Crippen molar-refractivity contribution in [1.29, 1.82) is 0 Å². The van der Waals surface area contributed by atoms with E-state index in [0.717, 1.165) is 12.8 Å². The highest BCUT2D eigenvalue weighted by atomic mass is 19.3. The molecule has 1 saturated heterocycles. The third-order valence-corrected chi connectivity index (χ3v) is 4.24. The fraction of sp³-hybridized carbons (Fsp3) is 0.917. The molecule has 0 aromatic heterocycles. The minimum atomic E-state index is -2.69. The predicted molar refractivity (Wildman–Crippen MR) is 57.0 cm³/mol. The molecular formula is C12H18F2O3. The molecule has 1 N–H and O–H groups in total. The van der Waals surface area contributed by atoms with Crippen LogP contribution in [0, 0.1) is 11.3 Å². The molecule has 17 heavy (non-hydrogen) atoms. The lowest BCUT2D eigenvalue weighted by atomic mass is 9.63. The summed E-state index contributed by atoms with van der Waals surface area (Å²) in [6.45, 7) is 1.06. The Kier molecular flexibility index (Phi) is 3.39. The van der Waals surface area contributed by atoms with Crippen LogP contribution in [-0.2, 0) is 9.53 Å². The van der Waals surface area contributed by atoms with Crippen molar-refractivity contribution in [1.82, 2.24) is 0 Å². The van der Waals surface area contributed by atoms with Crippen LogP contribution in [0.25, 0.3) is 0 Å². The van der Waals surface area contributed by atoms with Crippen molar-refractivity contribution < 1.29 is 23.4 Å². The lowest BCUT2D eigenvalue weighted by Gasteiger charge is -2.43. The Bertz CT molecular complexity index is 288. The standard InChI is InChI=1S/C12H18F2O3/c13-12(14)5-3-11(4-6-12,10(15)16)9-2-1-7-17-8-9/h9H,1-8H2,(H,15,16). The summed E-state index contributed by atoms with van der Waals surface area (Å²) < 4.78 is 31.6. The third kappa shape index (κ3) is 2.44. The largest absolute Gasteiger partial charge is 0.481 e. The summed E-state index contributed by atoms with van der Waals surface area (Å²) in [4.78, 5) is 11.5. The first-order valence-corrected chi connectivity index (χ1v) is 6.15. The van der Waals surface area contributed by atoms with E-state index in [1.807, 2.05) is 0 Å². The number of hydrogen-bond acceptors (Lipinski definition) is 2. The van der Waals surface area contributed by atoms with Gasteiger partial charge >= 0.3 is 5.97 Å². The van der Waals surface area contributed by atoms with E-state index in [1.165, 1.54) is 0 Å². The number of carbonyl (C=O) groups is 1. The van der Waals surface area contributed by atoms with Crippen molar-refractivity contribution in [2.45, 2.75) is 44.4 Å². The van der Waals surface area contributed by atoms with E-state index in [0.29, 0.717) is 13.2 Å². The van der Waals surface area contributed by atoms with Crippen LogP contribution in [0.15, 0.2) is 0 Å². The maximum atomic E-state index is 13.2. The Morgan fingerprint density at radius 2 is 1.88 bits per heavy atom. The van der Waals surface area contributed by atoms with Gasteiger partial charge < -0.3 is 9.84 Å². The van der Waals surface area contributed by atoms with E-state index in [-0.39, 0.29) is 31.6 Å². The second kappa shape index (κ2) is 4.52. The van der Waals surface area contributed by atoms with Gasteiger partial charge in [-0.15, -0.1) is 0 Å². The van der Waals surface area contributed by atoms with Crippen LogP contribution in [0.2, 0.25) is 0 Å². The van der Waals surface area contributed by atoms with Crippen LogP contribution >= 0.6 is 0 Å². The third-order valence-electron chi connectivity index (χ3n) is 4.24. The fourth-order valence-electron chi connectivity index (χ4n) is 3.04. The summed E-state index contributed by atoms with van der Waals surface area (Å²) in [5, 5.41) is 9.41. The van der Waals surface area contributed by atoms with Crippen molar-refractivity contribution in [2.75, 3.05) is 13.2 Å². The zero-order valence-corrected chi connectivity index (χ0v) is 9.75. The van der Waals surface area contributed by atoms with Gasteiger partial charge in [0.2, 0.25) is 5.92 Å². The Hall–Kier alpha value is -0.710. The van der Waals surface area contributed by atoms with Crippen molar-refractivity contribution in [3.8, 4) is 0 Å². The van der Waals surface area contributed by atoms with Crippen molar-refractivity contribution in [2.24, 2.45) is 11.3 Å². The molecule has 98 valence electrons. The predicted octanol–water partition coefficient (Wildman–Crippen LogP) is 2.69. The lowest BCUT2D eigenvalue weighted by molar-refractivity contribution is -0.168. The van der Waals surface area contributed by atoms with Crippen LogP contribution in [0.4, 0.5) is 8.78 Å². The maximum absolute atomic E-state index is 13.2. The first-order chi connectivity index (χ1) is 7.96. The van der Waals surface area contributed by atoms with E-state index in [4.69, 9.17) is 4.74 Å². The number of ether oxygens (including phenoxy) is 1. The van der Waals surface area contributed by atoms with Crippen LogP contribution in [-0.4, -0.2) is 30.2 Å². The molecule has 2 fully saturated rings. The summed E-state index contributed by atoms with van der Waals surface area (Å²) >= 11 is 0. The minimum Gasteiger partial charge on any atom is -0.481 e. The molecule has 1 heterocycles. The number of halogens is 2. The number of alkyl halides is 2. The quantitative estimate of drug-likeness (QED) is 0.817. The average molecular weight is 248 g/mol. The minimum absolute atomic E-state index is 0.0728. The van der Waals surface area contributed by atoms with Gasteiger partial charge in [-0.2, -0.15) is 0 Å². The molecule has 1 aliphatic heterocycles. The first kappa shape index (κ1) is 12.7. The molecular weight excluding hydrogens is 230 g/mol. The summed E-state index contributed by atoms with van der Waals surface area (Å²) in [6, 6.07) is 0. The van der Waals surface area contributed by atoms with Crippen LogP contribution in [0.1, 0.15) is 38.5 Å². The second-order valence-corrected chi connectivity index (χ2v) is 5.23. The van der Waals surface area contributed by atoms with Gasteiger partial charge in [0, 0.05) is 19.4 Å². The Balaban J connectivity index is 2.13. The van der Waals surface area contributed by atoms with Crippen molar-refractivity contribution >= 4 is 5.97 Å². The van der Waals surface area contributed by atoms with Crippen LogP contribution in [0.5, 0.6) is 0 Å². The summed E-state index contributed by atoms with van der Waals surface area (Å²) in [5.74, 6) is -3.72. The zero-order valence-electron chi connectivity index (χ0n) is 9.75. The average Bonchev–Trinajstić information content (AvgIpc) is 2.30. The Morgan fingerprint density at radius 1 is 1.24 bits per heavy atom. The summed E-state index contributed by atoms with van der Waals surface area (Å²) in [6.07, 6.45) is 1.13. The molecule has 1 atom stereocenters. The molecule has 3 nitrogen and oxygen atoms in total. The number of carboxylic acid groups (broad SMARTS) is 1. The van der Waals surface area contributed by atoms with E-state index in [9.17, 15) is 18.7 Å². The van der Waals surface area contributed by atoms with Gasteiger partial charge in [-0.3, -0.25) is 4.79 Å². The molecule has 2 aliphatic rings. The van der Waals surface area contributed by atoms with Crippen molar-refractivity contribution in [3.05, 3.63) is 0 Å². The molecule has 1 unspecified atom stereocenters. The molecule has 0 aromatic rings. The van der Waals surface area contributed by atoms with Gasteiger partial charge in [0.25, 0.3) is 0 Å². The number of hydrogen-bond donors (Lipinski definition) is 1. The smallest absolute Gasteiger partial charge is 0.310 e. The van der Waals surface area contributed by atoms with Gasteiger partial charge in [-0.1, -0.05) is 0 Å². The summed E-state index contributed by atoms with van der Waals surface area (Å²) in [7, 11) is 0. The maximum Gasteiger partial charge on any atom is 0.310 e. The molecule has 0 bridgehead atoms. The Labute approximate surface area is 99.1 Å². The molecule has 0 spiro atoms. The zero-order chi connectivity index (χ0) is 12.5. The lowest BCUT2D eigenvalue weighted by Crippen LogP contribution is -2.47. The highest BCUT2D eigenvalue weighted by Gasteiger charge is 2.52. The van der Waals surface area contributed by atoms with Gasteiger partial charge in [-0.05, 0) is 31.6 Å². The highest BCUT2D eigenvalue weighted by molar-refractivity contribution is 5.75. The SMILES string of the molecule is O=C(O)C1(C2CCCOC2)CCC(F)(F)CC1. The molecule has 2 rings (SSSR count). The first-order valence-electron chi connectivity index (χ1n) is 6.15. The molecule has 1 saturated carbocycles. The van der Waals surface area contributed by atoms with Gasteiger partial charge in [-0.25, -0.2) is 8.78 Å².